The summed E-state index contributed by atoms with van der Waals surface area (Å²) in [7, 11) is 0. The molecule has 0 saturated carbocycles. The summed E-state index contributed by atoms with van der Waals surface area (Å²) in [6.45, 7) is 17.4. The molecule has 6 N–H and O–H groups in total. The van der Waals surface area contributed by atoms with Crippen LogP contribution in [0.3, 0.4) is 0 Å². The van der Waals surface area contributed by atoms with E-state index in [1.807, 2.05) is 0 Å². The van der Waals surface area contributed by atoms with Gasteiger partial charge in [-0.25, -0.2) is 0 Å². The maximum atomic E-state index is 4.65. The van der Waals surface area contributed by atoms with Crippen LogP contribution in [0, 0.1) is 11.8 Å². The lowest BCUT2D eigenvalue weighted by Gasteiger charge is -2.16. The highest BCUT2D eigenvalue weighted by Crippen LogP contribution is 2.07. The molecule has 2 unspecified atom stereocenters. The lowest BCUT2D eigenvalue weighted by atomic mass is 10.1. The van der Waals surface area contributed by atoms with Gasteiger partial charge < -0.3 is 21.6 Å². The second-order valence-electron chi connectivity index (χ2n) is 7.22. The zero-order valence-corrected chi connectivity index (χ0v) is 16.9. The first-order valence-corrected chi connectivity index (χ1v) is 9.30. The van der Waals surface area contributed by atoms with Crippen LogP contribution < -0.4 is 10.6 Å². The SMILES string of the molecule is CCCC(CNCC(C)C)N=NC(CCC)CNCC(C)C.O.O. The molecular weight excluding hydrogens is 304 g/mol. The molecule has 6 heteroatoms. The van der Waals surface area contributed by atoms with Gasteiger partial charge >= 0.3 is 0 Å². The molecule has 0 aromatic heterocycles. The molecule has 0 amide bonds. The molecule has 24 heavy (non-hydrogen) atoms. The van der Waals surface area contributed by atoms with Crippen LogP contribution in [0.4, 0.5) is 0 Å². The third-order valence-corrected chi connectivity index (χ3v) is 3.50. The smallest absolute Gasteiger partial charge is 0.0832 e. The molecule has 148 valence electrons. The van der Waals surface area contributed by atoms with Crippen molar-refractivity contribution in [2.45, 2.75) is 79.3 Å². The van der Waals surface area contributed by atoms with Crippen molar-refractivity contribution >= 4 is 0 Å². The molecule has 0 rings (SSSR count). The molecule has 0 heterocycles. The van der Waals surface area contributed by atoms with E-state index in [9.17, 15) is 0 Å². The predicted octanol–water partition coefficient (Wildman–Crippen LogP) is 2.62. The van der Waals surface area contributed by atoms with E-state index < -0.39 is 0 Å². The van der Waals surface area contributed by atoms with Gasteiger partial charge in [-0.2, -0.15) is 10.2 Å². The molecule has 0 radical (unpaired) electrons. The van der Waals surface area contributed by atoms with Crippen molar-refractivity contribution in [2.75, 3.05) is 26.2 Å². The Hall–Kier alpha value is -0.560. The summed E-state index contributed by atoms with van der Waals surface area (Å²) in [6.07, 6.45) is 4.56. The highest BCUT2D eigenvalue weighted by Gasteiger charge is 2.10. The highest BCUT2D eigenvalue weighted by atomic mass is 16.0. The van der Waals surface area contributed by atoms with Crippen molar-refractivity contribution in [3.8, 4) is 0 Å². The van der Waals surface area contributed by atoms with Crippen LogP contribution in [0.2, 0.25) is 0 Å². The van der Waals surface area contributed by atoms with Gasteiger partial charge in [-0.3, -0.25) is 0 Å². The number of hydrogen-bond acceptors (Lipinski definition) is 4. The molecule has 0 aliphatic rings. The molecule has 6 nitrogen and oxygen atoms in total. The Morgan fingerprint density at radius 3 is 1.21 bits per heavy atom. The summed E-state index contributed by atoms with van der Waals surface area (Å²) in [5, 5.41) is 16.3. The second kappa shape index (κ2) is 18.8. The molecule has 2 atom stereocenters. The Bertz CT molecular complexity index is 248. The molecule has 0 saturated heterocycles. The van der Waals surface area contributed by atoms with E-state index in [2.05, 4.69) is 62.4 Å². The van der Waals surface area contributed by atoms with Crippen LogP contribution in [-0.2, 0) is 0 Å². The van der Waals surface area contributed by atoms with Crippen molar-refractivity contribution < 1.29 is 11.0 Å². The average Bonchev–Trinajstić information content (AvgIpc) is 2.43. The van der Waals surface area contributed by atoms with Crippen LogP contribution in [0.1, 0.15) is 67.2 Å². The summed E-state index contributed by atoms with van der Waals surface area (Å²) in [4.78, 5) is 0. The first kappa shape index (κ1) is 28.3. The number of nitrogens with zero attached hydrogens (tertiary/aromatic N) is 2. The van der Waals surface area contributed by atoms with Gasteiger partial charge in [-0.15, -0.1) is 0 Å². The van der Waals surface area contributed by atoms with E-state index in [1.54, 1.807) is 0 Å². The van der Waals surface area contributed by atoms with E-state index in [0.717, 1.165) is 51.9 Å². The first-order chi connectivity index (χ1) is 10.5. The van der Waals surface area contributed by atoms with Crippen LogP contribution >= 0.6 is 0 Å². The summed E-state index contributed by atoms with van der Waals surface area (Å²) >= 11 is 0. The Labute approximate surface area is 149 Å². The summed E-state index contributed by atoms with van der Waals surface area (Å²) < 4.78 is 0. The molecular formula is C18H44N4O2. The Morgan fingerprint density at radius 2 is 0.958 bits per heavy atom. The van der Waals surface area contributed by atoms with Crippen molar-refractivity contribution in [1.82, 2.24) is 10.6 Å². The summed E-state index contributed by atoms with van der Waals surface area (Å²) in [5.74, 6) is 1.37. The first-order valence-electron chi connectivity index (χ1n) is 9.30. The molecule has 0 fully saturated rings. The molecule has 0 aliphatic heterocycles. The molecule has 0 aromatic rings. The van der Waals surface area contributed by atoms with Crippen molar-refractivity contribution in [1.29, 1.82) is 0 Å². The average molecular weight is 349 g/mol. The molecule has 0 aliphatic carbocycles. The Morgan fingerprint density at radius 1 is 0.625 bits per heavy atom. The number of nitrogens with one attached hydrogen (secondary N) is 2. The van der Waals surface area contributed by atoms with E-state index in [4.69, 9.17) is 0 Å². The van der Waals surface area contributed by atoms with E-state index in [-0.39, 0.29) is 11.0 Å². The van der Waals surface area contributed by atoms with E-state index in [1.165, 1.54) is 0 Å². The van der Waals surface area contributed by atoms with Crippen molar-refractivity contribution in [2.24, 2.45) is 22.1 Å². The zero-order chi connectivity index (χ0) is 16.8. The van der Waals surface area contributed by atoms with Crippen LogP contribution in [0.25, 0.3) is 0 Å². The fourth-order valence-electron chi connectivity index (χ4n) is 2.33. The fourth-order valence-corrected chi connectivity index (χ4v) is 2.33. The van der Waals surface area contributed by atoms with Crippen LogP contribution in [0.15, 0.2) is 10.2 Å². The van der Waals surface area contributed by atoms with Crippen molar-refractivity contribution in [3.63, 3.8) is 0 Å². The minimum Gasteiger partial charge on any atom is -0.412 e. The Balaban J connectivity index is -0.00000220. The third-order valence-electron chi connectivity index (χ3n) is 3.50. The van der Waals surface area contributed by atoms with Gasteiger partial charge in [0.1, 0.15) is 0 Å². The minimum atomic E-state index is 0. The maximum Gasteiger partial charge on any atom is 0.0832 e. The molecule has 0 bridgehead atoms. The lowest BCUT2D eigenvalue weighted by molar-refractivity contribution is 0.450. The third kappa shape index (κ3) is 17.8. The minimum absolute atomic E-state index is 0. The van der Waals surface area contributed by atoms with Gasteiger partial charge in [0.25, 0.3) is 0 Å². The lowest BCUT2D eigenvalue weighted by Crippen LogP contribution is -2.30. The van der Waals surface area contributed by atoms with Gasteiger partial charge in [-0.1, -0.05) is 54.4 Å². The van der Waals surface area contributed by atoms with Gasteiger partial charge in [-0.05, 0) is 37.8 Å². The van der Waals surface area contributed by atoms with Crippen LogP contribution in [0.5, 0.6) is 0 Å². The topological polar surface area (TPSA) is 112 Å². The number of rotatable bonds is 14. The second-order valence-corrected chi connectivity index (χ2v) is 7.22. The quantitative estimate of drug-likeness (QED) is 0.470. The summed E-state index contributed by atoms with van der Waals surface area (Å²) in [5.41, 5.74) is 0. The van der Waals surface area contributed by atoms with E-state index in [0.29, 0.717) is 23.9 Å². The highest BCUT2D eigenvalue weighted by molar-refractivity contribution is 4.72. The van der Waals surface area contributed by atoms with Crippen LogP contribution in [-0.4, -0.2) is 49.2 Å². The maximum absolute atomic E-state index is 4.65. The Kier molecular flexibility index (Phi) is 22.1. The molecule has 0 spiro atoms. The monoisotopic (exact) mass is 348 g/mol. The van der Waals surface area contributed by atoms with E-state index >= 15 is 0 Å². The van der Waals surface area contributed by atoms with Gasteiger partial charge in [0.15, 0.2) is 0 Å². The number of azo groups is 1. The van der Waals surface area contributed by atoms with Gasteiger partial charge in [0, 0.05) is 13.1 Å². The predicted molar refractivity (Wildman–Crippen MR) is 105 cm³/mol. The van der Waals surface area contributed by atoms with Gasteiger partial charge in [0.05, 0.1) is 12.1 Å². The fraction of sp³-hybridized carbons (Fsp3) is 1.00. The van der Waals surface area contributed by atoms with Gasteiger partial charge in [0.2, 0.25) is 0 Å². The zero-order valence-electron chi connectivity index (χ0n) is 16.9. The largest absolute Gasteiger partial charge is 0.412 e. The summed E-state index contributed by atoms with van der Waals surface area (Å²) in [6, 6.07) is 0.654. The molecule has 0 aromatic carbocycles. The normalized spacial score (nSPS) is 13.8. The number of hydrogen-bond donors (Lipinski definition) is 2. The standard InChI is InChI=1S/C18H40N4.2H2O/c1-7-9-17(13-19-11-15(3)4)21-22-18(10-8-2)14-20-12-16(5)6;;/h15-20H,7-14H2,1-6H3;2*1H2. The van der Waals surface area contributed by atoms with Crippen molar-refractivity contribution in [3.05, 3.63) is 0 Å².